The summed E-state index contributed by atoms with van der Waals surface area (Å²) in [6.07, 6.45) is -0.479. The second-order valence-electron chi connectivity index (χ2n) is 6.41. The number of benzene rings is 1. The van der Waals surface area contributed by atoms with E-state index in [2.05, 4.69) is 6.58 Å². The highest BCUT2D eigenvalue weighted by Crippen LogP contribution is 2.12. The quantitative estimate of drug-likeness (QED) is 0.450. The Morgan fingerprint density at radius 3 is 2.04 bits per heavy atom. The van der Waals surface area contributed by atoms with Gasteiger partial charge in [-0.25, -0.2) is 4.79 Å². The molecule has 5 nitrogen and oxygen atoms in total. The van der Waals surface area contributed by atoms with Crippen molar-refractivity contribution in [3.8, 4) is 5.75 Å². The van der Waals surface area contributed by atoms with Crippen molar-refractivity contribution in [3.05, 3.63) is 42.0 Å². The monoisotopic (exact) mass is 350 g/mol. The van der Waals surface area contributed by atoms with Crippen LogP contribution >= 0.6 is 0 Å². The molecule has 3 atom stereocenters. The lowest BCUT2D eigenvalue weighted by atomic mass is 10.2. The second-order valence-corrected chi connectivity index (χ2v) is 6.41. The van der Waals surface area contributed by atoms with Gasteiger partial charge in [-0.05, 0) is 46.8 Å². The van der Waals surface area contributed by atoms with E-state index < -0.39 is 5.97 Å². The molecule has 0 saturated carbocycles. The van der Waals surface area contributed by atoms with Gasteiger partial charge in [-0.1, -0.05) is 24.3 Å². The summed E-state index contributed by atoms with van der Waals surface area (Å²) < 4.78 is 22.2. The number of carbonyl (C=O) groups is 1. The maximum absolute atomic E-state index is 11.4. The standard InChI is InChI=1S/C20H30O5/c1-14(2)20(21)25-18(6)13-23-16(4)11-22-17(5)12-24-19-9-7-15(3)8-10-19/h7-10,16-18H,1,11-13H2,2-6H3. The summed E-state index contributed by atoms with van der Waals surface area (Å²) in [6, 6.07) is 7.92. The molecule has 0 bridgehead atoms. The number of ether oxygens (including phenoxy) is 4. The Morgan fingerprint density at radius 1 is 0.960 bits per heavy atom. The molecule has 1 rings (SSSR count). The largest absolute Gasteiger partial charge is 0.491 e. The van der Waals surface area contributed by atoms with Gasteiger partial charge in [0.05, 0.1) is 25.4 Å². The van der Waals surface area contributed by atoms with Crippen molar-refractivity contribution in [2.75, 3.05) is 19.8 Å². The molecule has 3 unspecified atom stereocenters. The van der Waals surface area contributed by atoms with Crippen molar-refractivity contribution in [2.45, 2.75) is 52.9 Å². The smallest absolute Gasteiger partial charge is 0.333 e. The topological polar surface area (TPSA) is 54.0 Å². The Labute approximate surface area is 150 Å². The normalized spacial score (nSPS) is 14.4. The molecular formula is C20H30O5. The molecule has 25 heavy (non-hydrogen) atoms. The van der Waals surface area contributed by atoms with Gasteiger partial charge in [0.25, 0.3) is 0 Å². The maximum Gasteiger partial charge on any atom is 0.333 e. The Morgan fingerprint density at radius 2 is 1.48 bits per heavy atom. The summed E-state index contributed by atoms with van der Waals surface area (Å²) in [4.78, 5) is 11.4. The zero-order chi connectivity index (χ0) is 18.8. The lowest BCUT2D eigenvalue weighted by Crippen LogP contribution is -2.28. The Kier molecular flexibility index (Phi) is 9.24. The fraction of sp³-hybridized carbons (Fsp3) is 0.550. The van der Waals surface area contributed by atoms with Gasteiger partial charge in [0.15, 0.2) is 0 Å². The maximum atomic E-state index is 11.4. The molecule has 0 spiro atoms. The molecule has 0 heterocycles. The van der Waals surface area contributed by atoms with Crippen LogP contribution in [0.5, 0.6) is 5.75 Å². The van der Waals surface area contributed by atoms with E-state index >= 15 is 0 Å². The highest BCUT2D eigenvalue weighted by atomic mass is 16.6. The van der Waals surface area contributed by atoms with Crippen LogP contribution in [0.3, 0.4) is 0 Å². The van der Waals surface area contributed by atoms with E-state index in [9.17, 15) is 4.79 Å². The van der Waals surface area contributed by atoms with Crippen molar-refractivity contribution < 1.29 is 23.7 Å². The highest BCUT2D eigenvalue weighted by Gasteiger charge is 2.13. The third-order valence-corrected chi connectivity index (χ3v) is 3.39. The van der Waals surface area contributed by atoms with Crippen LogP contribution in [0, 0.1) is 6.92 Å². The van der Waals surface area contributed by atoms with E-state index in [4.69, 9.17) is 18.9 Å². The first-order valence-corrected chi connectivity index (χ1v) is 8.57. The number of aryl methyl sites for hydroxylation is 1. The number of rotatable bonds is 11. The van der Waals surface area contributed by atoms with Gasteiger partial charge in [0, 0.05) is 5.57 Å². The van der Waals surface area contributed by atoms with E-state index in [0.717, 1.165) is 5.75 Å². The third kappa shape index (κ3) is 9.27. The molecule has 0 radical (unpaired) electrons. The van der Waals surface area contributed by atoms with Gasteiger partial charge in [0.2, 0.25) is 0 Å². The van der Waals surface area contributed by atoms with Gasteiger partial charge in [-0.2, -0.15) is 0 Å². The molecule has 0 saturated heterocycles. The minimum atomic E-state index is -0.401. The zero-order valence-electron chi connectivity index (χ0n) is 15.9. The molecule has 0 aliphatic heterocycles. The molecule has 1 aromatic rings. The molecule has 0 aliphatic rings. The van der Waals surface area contributed by atoms with Crippen LogP contribution in [0.1, 0.15) is 33.3 Å². The predicted molar refractivity (Wildman–Crippen MR) is 97.9 cm³/mol. The highest BCUT2D eigenvalue weighted by molar-refractivity contribution is 5.87. The number of hydrogen-bond acceptors (Lipinski definition) is 5. The van der Waals surface area contributed by atoms with Crippen molar-refractivity contribution in [1.29, 1.82) is 0 Å². The van der Waals surface area contributed by atoms with E-state index in [0.29, 0.717) is 25.4 Å². The van der Waals surface area contributed by atoms with Crippen LogP contribution in [0.15, 0.2) is 36.4 Å². The second kappa shape index (κ2) is 10.9. The lowest BCUT2D eigenvalue weighted by Gasteiger charge is -2.20. The Balaban J connectivity index is 2.17. The minimum absolute atomic E-state index is 0.0500. The summed E-state index contributed by atoms with van der Waals surface area (Å²) in [5, 5.41) is 0. The van der Waals surface area contributed by atoms with Crippen LogP contribution in [0.2, 0.25) is 0 Å². The van der Waals surface area contributed by atoms with Crippen LogP contribution in [-0.4, -0.2) is 44.1 Å². The molecule has 0 aliphatic carbocycles. The van der Waals surface area contributed by atoms with Crippen molar-refractivity contribution in [2.24, 2.45) is 0 Å². The Bertz CT molecular complexity index is 538. The summed E-state index contributed by atoms with van der Waals surface area (Å²) in [7, 11) is 0. The van der Waals surface area contributed by atoms with Gasteiger partial charge in [-0.15, -0.1) is 0 Å². The first kappa shape index (κ1) is 21.2. The summed E-state index contributed by atoms with van der Waals surface area (Å²) in [5.41, 5.74) is 1.58. The van der Waals surface area contributed by atoms with Crippen LogP contribution in [-0.2, 0) is 19.0 Å². The van der Waals surface area contributed by atoms with Gasteiger partial charge in [0.1, 0.15) is 18.5 Å². The van der Waals surface area contributed by atoms with Gasteiger partial charge in [-0.3, -0.25) is 0 Å². The van der Waals surface area contributed by atoms with Crippen molar-refractivity contribution in [3.63, 3.8) is 0 Å². The average Bonchev–Trinajstić information content (AvgIpc) is 2.57. The molecule has 0 N–H and O–H groups in total. The molecular weight excluding hydrogens is 320 g/mol. The zero-order valence-corrected chi connectivity index (χ0v) is 15.9. The summed E-state index contributed by atoms with van der Waals surface area (Å²) >= 11 is 0. The fourth-order valence-electron chi connectivity index (χ4n) is 1.86. The average molecular weight is 350 g/mol. The van der Waals surface area contributed by atoms with Crippen LogP contribution in [0.25, 0.3) is 0 Å². The molecule has 0 aromatic heterocycles. The third-order valence-electron chi connectivity index (χ3n) is 3.39. The van der Waals surface area contributed by atoms with E-state index in [-0.39, 0.29) is 18.3 Å². The molecule has 140 valence electrons. The van der Waals surface area contributed by atoms with E-state index in [1.54, 1.807) is 13.8 Å². The number of hydrogen-bond donors (Lipinski definition) is 0. The minimum Gasteiger partial charge on any atom is -0.491 e. The van der Waals surface area contributed by atoms with E-state index in [1.807, 2.05) is 45.0 Å². The molecule has 1 aromatic carbocycles. The van der Waals surface area contributed by atoms with Gasteiger partial charge < -0.3 is 18.9 Å². The number of carbonyl (C=O) groups excluding carboxylic acids is 1. The van der Waals surface area contributed by atoms with Crippen molar-refractivity contribution in [1.82, 2.24) is 0 Å². The molecule has 0 fully saturated rings. The Hall–Kier alpha value is -1.85. The SMILES string of the molecule is C=C(C)C(=O)OC(C)COC(C)COC(C)COc1ccc(C)cc1. The molecule has 0 amide bonds. The first-order chi connectivity index (χ1) is 11.8. The summed E-state index contributed by atoms with van der Waals surface area (Å²) in [6.45, 7) is 14.1. The first-order valence-electron chi connectivity index (χ1n) is 8.57. The van der Waals surface area contributed by atoms with Crippen LogP contribution in [0.4, 0.5) is 0 Å². The lowest BCUT2D eigenvalue weighted by molar-refractivity contribution is -0.148. The van der Waals surface area contributed by atoms with Gasteiger partial charge >= 0.3 is 5.97 Å². The molecule has 5 heteroatoms. The van der Waals surface area contributed by atoms with Crippen molar-refractivity contribution >= 4 is 5.97 Å². The fourth-order valence-corrected chi connectivity index (χ4v) is 1.86. The summed E-state index contributed by atoms with van der Waals surface area (Å²) in [5.74, 6) is 0.431. The van der Waals surface area contributed by atoms with E-state index in [1.165, 1.54) is 5.56 Å². The van der Waals surface area contributed by atoms with Crippen LogP contribution < -0.4 is 4.74 Å². The predicted octanol–water partition coefficient (Wildman–Crippen LogP) is 3.69. The number of esters is 1.